The lowest BCUT2D eigenvalue weighted by Gasteiger charge is -2.33. The van der Waals surface area contributed by atoms with Gasteiger partial charge in [0, 0.05) is 38.1 Å². The molecule has 0 unspecified atom stereocenters. The summed E-state index contributed by atoms with van der Waals surface area (Å²) in [5, 5.41) is 3.05. The molecular weight excluding hydrogens is 338 g/mol. The van der Waals surface area contributed by atoms with Crippen molar-refractivity contribution < 1.29 is 13.2 Å². The molecule has 146 valence electrons. The number of carbonyl (C=O) groups excluding carboxylic acids is 1. The van der Waals surface area contributed by atoms with Crippen LogP contribution < -0.4 is 5.32 Å². The number of sulfonamides is 1. The predicted molar refractivity (Wildman–Crippen MR) is 101 cm³/mol. The van der Waals surface area contributed by atoms with Crippen LogP contribution in [0.25, 0.3) is 0 Å². The van der Waals surface area contributed by atoms with Crippen molar-refractivity contribution in [2.45, 2.75) is 64.8 Å². The highest BCUT2D eigenvalue weighted by atomic mass is 32.2. The van der Waals surface area contributed by atoms with E-state index >= 15 is 0 Å². The number of nitrogens with one attached hydrogen (secondary N) is 1. The summed E-state index contributed by atoms with van der Waals surface area (Å²) in [5.41, 5.74) is 0. The van der Waals surface area contributed by atoms with Gasteiger partial charge in [-0.25, -0.2) is 12.7 Å². The second-order valence-electron chi connectivity index (χ2n) is 7.51. The third-order valence-corrected chi connectivity index (χ3v) is 7.62. The van der Waals surface area contributed by atoms with Crippen LogP contribution >= 0.6 is 0 Å². The van der Waals surface area contributed by atoms with Crippen LogP contribution in [-0.2, 0) is 14.8 Å². The molecule has 2 rings (SSSR count). The van der Waals surface area contributed by atoms with Crippen LogP contribution in [0.2, 0.25) is 0 Å². The maximum absolute atomic E-state index is 12.3. The molecule has 2 aliphatic heterocycles. The molecule has 0 aromatic rings. The molecule has 0 saturated carbocycles. The van der Waals surface area contributed by atoms with Crippen molar-refractivity contribution in [2.75, 3.05) is 38.5 Å². The van der Waals surface area contributed by atoms with Gasteiger partial charge in [-0.05, 0) is 52.0 Å². The van der Waals surface area contributed by atoms with Gasteiger partial charge in [-0.2, -0.15) is 0 Å². The van der Waals surface area contributed by atoms with E-state index in [0.29, 0.717) is 38.4 Å². The Morgan fingerprint density at radius 3 is 2.48 bits per heavy atom. The number of hydrogen-bond acceptors (Lipinski definition) is 4. The molecule has 7 heteroatoms. The Morgan fingerprint density at radius 1 is 1.12 bits per heavy atom. The van der Waals surface area contributed by atoms with E-state index in [-0.39, 0.29) is 17.6 Å². The molecule has 0 aromatic heterocycles. The van der Waals surface area contributed by atoms with Crippen LogP contribution in [0.3, 0.4) is 0 Å². The molecule has 0 aliphatic carbocycles. The zero-order chi connectivity index (χ0) is 18.3. The van der Waals surface area contributed by atoms with Crippen LogP contribution in [0.1, 0.15) is 58.8 Å². The first-order chi connectivity index (χ1) is 11.9. The van der Waals surface area contributed by atoms with Gasteiger partial charge in [0.1, 0.15) is 0 Å². The highest BCUT2D eigenvalue weighted by molar-refractivity contribution is 7.89. The first kappa shape index (κ1) is 20.6. The van der Waals surface area contributed by atoms with Crippen LogP contribution in [0.5, 0.6) is 0 Å². The minimum absolute atomic E-state index is 0.0398. The average Bonchev–Trinajstić information content (AvgIpc) is 2.60. The number of amides is 1. The van der Waals surface area contributed by atoms with Gasteiger partial charge < -0.3 is 10.2 Å². The van der Waals surface area contributed by atoms with Gasteiger partial charge in [0.15, 0.2) is 0 Å². The Labute approximate surface area is 153 Å². The summed E-state index contributed by atoms with van der Waals surface area (Å²) in [4.78, 5) is 14.8. The molecule has 0 radical (unpaired) electrons. The molecule has 0 bridgehead atoms. The van der Waals surface area contributed by atoms with E-state index in [4.69, 9.17) is 0 Å². The minimum atomic E-state index is -3.13. The quantitative estimate of drug-likeness (QED) is 0.659. The fourth-order valence-corrected chi connectivity index (χ4v) is 5.45. The molecule has 0 aromatic carbocycles. The van der Waals surface area contributed by atoms with Crippen molar-refractivity contribution >= 4 is 15.9 Å². The van der Waals surface area contributed by atoms with Crippen LogP contribution in [-0.4, -0.2) is 68.0 Å². The fraction of sp³-hybridized carbons (Fsp3) is 0.944. The maximum atomic E-state index is 12.3. The van der Waals surface area contributed by atoms with Gasteiger partial charge in [-0.1, -0.05) is 13.3 Å². The molecule has 25 heavy (non-hydrogen) atoms. The van der Waals surface area contributed by atoms with Crippen LogP contribution in [0.4, 0.5) is 0 Å². The van der Waals surface area contributed by atoms with E-state index in [2.05, 4.69) is 17.1 Å². The number of rotatable bonds is 8. The summed E-state index contributed by atoms with van der Waals surface area (Å²) < 4.78 is 25.7. The molecule has 6 nitrogen and oxygen atoms in total. The Morgan fingerprint density at radius 2 is 1.84 bits per heavy atom. The maximum Gasteiger partial charge on any atom is 0.223 e. The molecule has 1 amide bonds. The SMILES string of the molecule is CCCS(=O)(=O)N1CCC(C(=O)NCCCN2CCCC[C@H]2C)CC1. The van der Waals surface area contributed by atoms with E-state index in [1.807, 2.05) is 6.92 Å². The summed E-state index contributed by atoms with van der Waals surface area (Å²) in [6.45, 7) is 8.07. The van der Waals surface area contributed by atoms with Crippen molar-refractivity contribution in [3.05, 3.63) is 0 Å². The average molecular weight is 374 g/mol. The predicted octanol–water partition coefficient (Wildman–Crippen LogP) is 1.82. The van der Waals surface area contributed by atoms with E-state index in [1.54, 1.807) is 4.31 Å². The Kier molecular flexibility index (Phi) is 8.16. The topological polar surface area (TPSA) is 69.7 Å². The van der Waals surface area contributed by atoms with Crippen molar-refractivity contribution in [3.63, 3.8) is 0 Å². The van der Waals surface area contributed by atoms with E-state index in [0.717, 1.165) is 19.5 Å². The molecule has 2 aliphatic rings. The summed E-state index contributed by atoms with van der Waals surface area (Å²) >= 11 is 0. The van der Waals surface area contributed by atoms with E-state index in [1.165, 1.54) is 25.8 Å². The number of piperidine rings is 2. The smallest absolute Gasteiger partial charge is 0.223 e. The third-order valence-electron chi connectivity index (χ3n) is 5.54. The normalized spacial score (nSPS) is 24.3. The lowest BCUT2D eigenvalue weighted by atomic mass is 9.97. The van der Waals surface area contributed by atoms with Gasteiger partial charge in [0.2, 0.25) is 15.9 Å². The van der Waals surface area contributed by atoms with Crippen molar-refractivity contribution in [1.82, 2.24) is 14.5 Å². The number of likely N-dealkylation sites (tertiary alicyclic amines) is 1. The number of nitrogens with zero attached hydrogens (tertiary/aromatic N) is 2. The highest BCUT2D eigenvalue weighted by Crippen LogP contribution is 2.20. The molecular formula is C18H35N3O3S. The lowest BCUT2D eigenvalue weighted by Crippen LogP contribution is -2.44. The van der Waals surface area contributed by atoms with Gasteiger partial charge in [-0.3, -0.25) is 4.79 Å². The molecule has 1 atom stereocenters. The largest absolute Gasteiger partial charge is 0.356 e. The standard InChI is InChI=1S/C18H35N3O3S/c1-3-15-25(23,24)21-13-8-17(9-14-21)18(22)19-10-6-12-20-11-5-4-7-16(20)2/h16-17H,3-15H2,1-2H3,(H,19,22)/t16-/m1/s1. The zero-order valence-corrected chi connectivity index (χ0v) is 16.7. The highest BCUT2D eigenvalue weighted by Gasteiger charge is 2.30. The minimum Gasteiger partial charge on any atom is -0.356 e. The number of hydrogen-bond donors (Lipinski definition) is 1. The molecule has 2 saturated heterocycles. The fourth-order valence-electron chi connectivity index (χ4n) is 3.91. The molecule has 1 N–H and O–H groups in total. The zero-order valence-electron chi connectivity index (χ0n) is 15.9. The summed E-state index contributed by atoms with van der Waals surface area (Å²) in [7, 11) is -3.13. The third kappa shape index (κ3) is 6.22. The van der Waals surface area contributed by atoms with Crippen molar-refractivity contribution in [2.24, 2.45) is 5.92 Å². The molecule has 0 spiro atoms. The van der Waals surface area contributed by atoms with E-state index in [9.17, 15) is 13.2 Å². The first-order valence-electron chi connectivity index (χ1n) is 9.93. The monoisotopic (exact) mass is 373 g/mol. The number of carbonyl (C=O) groups is 1. The summed E-state index contributed by atoms with van der Waals surface area (Å²) in [6, 6.07) is 0.666. The summed E-state index contributed by atoms with van der Waals surface area (Å²) in [5.74, 6) is 0.264. The first-order valence-corrected chi connectivity index (χ1v) is 11.5. The Bertz CT molecular complexity index is 516. The lowest BCUT2D eigenvalue weighted by molar-refractivity contribution is -0.126. The van der Waals surface area contributed by atoms with Crippen LogP contribution in [0.15, 0.2) is 0 Å². The Hall–Kier alpha value is -0.660. The van der Waals surface area contributed by atoms with Crippen molar-refractivity contribution in [1.29, 1.82) is 0 Å². The van der Waals surface area contributed by atoms with E-state index < -0.39 is 10.0 Å². The summed E-state index contributed by atoms with van der Waals surface area (Å²) in [6.07, 6.45) is 6.80. The van der Waals surface area contributed by atoms with Gasteiger partial charge in [-0.15, -0.1) is 0 Å². The Balaban J connectivity index is 1.64. The second-order valence-corrected chi connectivity index (χ2v) is 9.60. The second kappa shape index (κ2) is 9.88. The van der Waals surface area contributed by atoms with Gasteiger partial charge in [0.25, 0.3) is 0 Å². The van der Waals surface area contributed by atoms with Crippen LogP contribution in [0, 0.1) is 5.92 Å². The molecule has 2 heterocycles. The van der Waals surface area contributed by atoms with Gasteiger partial charge >= 0.3 is 0 Å². The molecule has 2 fully saturated rings. The van der Waals surface area contributed by atoms with Gasteiger partial charge in [0.05, 0.1) is 5.75 Å². The van der Waals surface area contributed by atoms with Crippen molar-refractivity contribution in [3.8, 4) is 0 Å².